The lowest BCUT2D eigenvalue weighted by atomic mass is 10.1. The van der Waals surface area contributed by atoms with Crippen LogP contribution in [0.4, 0.5) is 5.82 Å². The number of nitrogen functional groups attached to an aromatic ring is 1. The lowest BCUT2D eigenvalue weighted by Gasteiger charge is -2.16. The van der Waals surface area contributed by atoms with Crippen molar-refractivity contribution in [1.29, 1.82) is 0 Å². The summed E-state index contributed by atoms with van der Waals surface area (Å²) >= 11 is 1.03. The quantitative estimate of drug-likeness (QED) is 0.669. The van der Waals surface area contributed by atoms with E-state index in [9.17, 15) is 15.0 Å². The van der Waals surface area contributed by atoms with Crippen LogP contribution in [0.5, 0.6) is 0 Å². The number of rotatable bonds is 3. The molecule has 0 bridgehead atoms. The van der Waals surface area contributed by atoms with Gasteiger partial charge in [-0.15, -0.1) is 0 Å². The lowest BCUT2D eigenvalue weighted by Crippen LogP contribution is -2.32. The predicted octanol–water partition coefficient (Wildman–Crippen LogP) is -0.693. The summed E-state index contributed by atoms with van der Waals surface area (Å²) in [5, 5.41) is 20.2. The standard InChI is InChI=1S/C12H15N5O4S/c1-5(18)22-2-6-8(19)9(20)12(21-6)17-4-16-7-10(13)14-3-15-11(7)17/h3-4,6,8-9,12,19-20H,2H2,1H3,(H2,13,14,15)/t6-,8?,9+,12-/m1/s1. The molecule has 22 heavy (non-hydrogen) atoms. The van der Waals surface area contributed by atoms with Crippen LogP contribution in [0.1, 0.15) is 13.2 Å². The highest BCUT2D eigenvalue weighted by molar-refractivity contribution is 8.13. The monoisotopic (exact) mass is 325 g/mol. The predicted molar refractivity (Wildman–Crippen MR) is 78.8 cm³/mol. The minimum atomic E-state index is -1.16. The molecule has 1 fully saturated rings. The van der Waals surface area contributed by atoms with Crippen molar-refractivity contribution in [3.8, 4) is 0 Å². The van der Waals surface area contributed by atoms with Gasteiger partial charge in [-0.1, -0.05) is 11.8 Å². The number of ether oxygens (including phenoxy) is 1. The van der Waals surface area contributed by atoms with Crippen molar-refractivity contribution in [2.75, 3.05) is 11.5 Å². The number of carbonyl (C=O) groups excluding carboxylic acids is 1. The summed E-state index contributed by atoms with van der Waals surface area (Å²) in [5.74, 6) is 0.480. The number of nitrogens with two attached hydrogens (primary N) is 1. The van der Waals surface area contributed by atoms with Gasteiger partial charge in [-0.25, -0.2) is 15.0 Å². The Hall–Kier alpha value is -1.75. The van der Waals surface area contributed by atoms with Crippen molar-refractivity contribution < 1.29 is 19.7 Å². The largest absolute Gasteiger partial charge is 0.387 e. The van der Waals surface area contributed by atoms with E-state index in [1.165, 1.54) is 24.1 Å². The molecule has 0 aliphatic carbocycles. The van der Waals surface area contributed by atoms with E-state index in [0.717, 1.165) is 11.8 Å². The molecule has 3 heterocycles. The second kappa shape index (κ2) is 5.80. The zero-order chi connectivity index (χ0) is 15.9. The van der Waals surface area contributed by atoms with Crippen LogP contribution in [0, 0.1) is 0 Å². The molecule has 118 valence electrons. The third-order valence-electron chi connectivity index (χ3n) is 3.45. The number of aliphatic hydroxyl groups is 2. The smallest absolute Gasteiger partial charge is 0.185 e. The summed E-state index contributed by atoms with van der Waals surface area (Å²) in [5.41, 5.74) is 6.52. The van der Waals surface area contributed by atoms with Crippen LogP contribution in [-0.2, 0) is 9.53 Å². The average molecular weight is 325 g/mol. The molecule has 3 rings (SSSR count). The van der Waals surface area contributed by atoms with Gasteiger partial charge < -0.3 is 20.7 Å². The number of imidazole rings is 1. The second-order valence-corrected chi connectivity index (χ2v) is 6.13. The first kappa shape index (κ1) is 15.2. The number of nitrogens with zero attached hydrogens (tertiary/aromatic N) is 4. The Morgan fingerprint density at radius 2 is 2.18 bits per heavy atom. The Morgan fingerprint density at radius 3 is 2.91 bits per heavy atom. The van der Waals surface area contributed by atoms with Crippen LogP contribution < -0.4 is 5.73 Å². The van der Waals surface area contributed by atoms with Crippen LogP contribution in [0.2, 0.25) is 0 Å². The summed E-state index contributed by atoms with van der Waals surface area (Å²) < 4.78 is 7.18. The molecular weight excluding hydrogens is 310 g/mol. The molecular formula is C12H15N5O4S. The van der Waals surface area contributed by atoms with Crippen molar-refractivity contribution in [2.24, 2.45) is 0 Å². The summed E-state index contributed by atoms with van der Waals surface area (Å²) in [6, 6.07) is 0. The first-order valence-corrected chi connectivity index (χ1v) is 7.55. The first-order chi connectivity index (χ1) is 10.5. The number of carbonyl (C=O) groups is 1. The molecule has 4 N–H and O–H groups in total. The molecule has 9 nitrogen and oxygen atoms in total. The third-order valence-corrected chi connectivity index (χ3v) is 4.35. The van der Waals surface area contributed by atoms with Gasteiger partial charge in [0, 0.05) is 12.7 Å². The van der Waals surface area contributed by atoms with Gasteiger partial charge in [-0.05, 0) is 0 Å². The van der Waals surface area contributed by atoms with Crippen molar-refractivity contribution in [3.63, 3.8) is 0 Å². The minimum Gasteiger partial charge on any atom is -0.387 e. The Balaban J connectivity index is 1.87. The van der Waals surface area contributed by atoms with Crippen molar-refractivity contribution in [3.05, 3.63) is 12.7 Å². The van der Waals surface area contributed by atoms with Gasteiger partial charge in [0.2, 0.25) is 0 Å². The van der Waals surface area contributed by atoms with E-state index in [2.05, 4.69) is 15.0 Å². The molecule has 2 aromatic heterocycles. The SMILES string of the molecule is CC(=O)SC[C@H]1O[C@@H](n2cnc3c(N)ncnc32)[C@@H](O)C1O. The van der Waals surface area contributed by atoms with Gasteiger partial charge in [0.25, 0.3) is 0 Å². The minimum absolute atomic E-state index is 0.0812. The first-order valence-electron chi connectivity index (χ1n) is 6.57. The number of hydrogen-bond acceptors (Lipinski definition) is 9. The fraction of sp³-hybridized carbons (Fsp3) is 0.500. The summed E-state index contributed by atoms with van der Waals surface area (Å²) in [7, 11) is 0. The highest BCUT2D eigenvalue weighted by Crippen LogP contribution is 2.33. The van der Waals surface area contributed by atoms with Crippen LogP contribution in [0.15, 0.2) is 12.7 Å². The second-order valence-electron chi connectivity index (χ2n) is 4.93. The molecule has 0 aromatic carbocycles. The Kier molecular flexibility index (Phi) is 4.00. The third kappa shape index (κ3) is 2.54. The van der Waals surface area contributed by atoms with Gasteiger partial charge in [0.15, 0.2) is 22.8 Å². The fourth-order valence-corrected chi connectivity index (χ4v) is 3.03. The highest BCUT2D eigenvalue weighted by atomic mass is 32.2. The number of fused-ring (bicyclic) bond motifs is 1. The van der Waals surface area contributed by atoms with Crippen LogP contribution >= 0.6 is 11.8 Å². The molecule has 1 saturated heterocycles. The van der Waals surface area contributed by atoms with E-state index in [1.807, 2.05) is 0 Å². The number of anilines is 1. The molecule has 0 spiro atoms. The van der Waals surface area contributed by atoms with E-state index in [-0.39, 0.29) is 16.7 Å². The van der Waals surface area contributed by atoms with Crippen molar-refractivity contribution in [1.82, 2.24) is 19.5 Å². The number of hydrogen-bond donors (Lipinski definition) is 3. The number of thioether (sulfide) groups is 1. The molecule has 1 aliphatic rings. The van der Waals surface area contributed by atoms with Crippen LogP contribution in [0.25, 0.3) is 11.2 Å². The summed E-state index contributed by atoms with van der Waals surface area (Å²) in [4.78, 5) is 23.1. The van der Waals surface area contributed by atoms with Crippen LogP contribution in [0.3, 0.4) is 0 Å². The van der Waals surface area contributed by atoms with Gasteiger partial charge in [0.05, 0.1) is 12.4 Å². The van der Waals surface area contributed by atoms with E-state index >= 15 is 0 Å². The van der Waals surface area contributed by atoms with Crippen molar-refractivity contribution in [2.45, 2.75) is 31.5 Å². The zero-order valence-electron chi connectivity index (χ0n) is 11.7. The van der Waals surface area contributed by atoms with Gasteiger partial charge in [-0.2, -0.15) is 0 Å². The zero-order valence-corrected chi connectivity index (χ0v) is 12.5. The van der Waals surface area contributed by atoms with E-state index in [0.29, 0.717) is 11.2 Å². The Bertz CT molecular complexity index is 708. The van der Waals surface area contributed by atoms with E-state index in [1.54, 1.807) is 0 Å². The summed E-state index contributed by atoms with van der Waals surface area (Å²) in [6.45, 7) is 1.43. The van der Waals surface area contributed by atoms with Crippen LogP contribution in [-0.4, -0.2) is 58.9 Å². The normalized spacial score (nSPS) is 28.3. The summed E-state index contributed by atoms with van der Waals surface area (Å²) in [6.07, 6.45) is -1.06. The molecule has 0 radical (unpaired) electrons. The molecule has 0 amide bonds. The van der Waals surface area contributed by atoms with Gasteiger partial charge in [0.1, 0.15) is 24.1 Å². The van der Waals surface area contributed by atoms with Gasteiger partial charge >= 0.3 is 0 Å². The maximum Gasteiger partial charge on any atom is 0.185 e. The van der Waals surface area contributed by atoms with E-state index < -0.39 is 24.5 Å². The molecule has 1 aliphatic heterocycles. The topological polar surface area (TPSA) is 136 Å². The molecule has 1 unspecified atom stereocenters. The lowest BCUT2D eigenvalue weighted by molar-refractivity contribution is -0.109. The molecule has 10 heteroatoms. The maximum atomic E-state index is 11.0. The highest BCUT2D eigenvalue weighted by Gasteiger charge is 2.44. The molecule has 4 atom stereocenters. The Labute approximate surface area is 129 Å². The Morgan fingerprint density at radius 1 is 1.41 bits per heavy atom. The van der Waals surface area contributed by atoms with Gasteiger partial charge in [-0.3, -0.25) is 9.36 Å². The van der Waals surface area contributed by atoms with E-state index in [4.69, 9.17) is 10.5 Å². The number of aliphatic hydroxyl groups excluding tert-OH is 2. The van der Waals surface area contributed by atoms with Crippen molar-refractivity contribution >= 4 is 33.9 Å². The fourth-order valence-electron chi connectivity index (χ4n) is 2.35. The molecule has 0 saturated carbocycles. The maximum absolute atomic E-state index is 11.0. The number of aromatic nitrogens is 4. The average Bonchev–Trinajstić information content (AvgIpc) is 3.01. The molecule has 2 aromatic rings.